The lowest BCUT2D eigenvalue weighted by Crippen LogP contribution is -2.64. The first-order chi connectivity index (χ1) is 22.3. The Labute approximate surface area is 268 Å². The summed E-state index contributed by atoms with van der Waals surface area (Å²) in [5, 5.41) is 19.1. The number of aliphatic hydroxyl groups is 1. The van der Waals surface area contributed by atoms with E-state index in [4.69, 9.17) is 10.5 Å². The van der Waals surface area contributed by atoms with Crippen molar-refractivity contribution in [3.05, 3.63) is 41.0 Å². The highest BCUT2D eigenvalue weighted by Crippen LogP contribution is 2.52. The monoisotopic (exact) mass is 674 g/mol. The molecule has 3 N–H and O–H groups in total. The van der Waals surface area contributed by atoms with Crippen LogP contribution in [0.1, 0.15) is 43.2 Å². The fourth-order valence-electron chi connectivity index (χ4n) is 8.25. The summed E-state index contributed by atoms with van der Waals surface area (Å²) in [7, 11) is 0. The number of thiophene rings is 1. The Kier molecular flexibility index (Phi) is 6.68. The maximum absolute atomic E-state index is 16.9. The molecule has 1 aliphatic carbocycles. The minimum Gasteiger partial charge on any atom is -0.461 e. The lowest BCUT2D eigenvalue weighted by Gasteiger charge is -2.58. The first-order valence-corrected chi connectivity index (χ1v) is 16.1. The van der Waals surface area contributed by atoms with Gasteiger partial charge in [0.1, 0.15) is 41.0 Å². The van der Waals surface area contributed by atoms with E-state index in [-0.39, 0.29) is 68.4 Å². The molecule has 4 aromatic rings. The first kappa shape index (κ1) is 30.5. The van der Waals surface area contributed by atoms with Gasteiger partial charge >= 0.3 is 12.2 Å². The minimum atomic E-state index is -5.07. The van der Waals surface area contributed by atoms with Crippen molar-refractivity contribution in [2.75, 3.05) is 43.4 Å². The molecule has 4 aliphatic rings. The van der Waals surface area contributed by atoms with Crippen LogP contribution in [0.3, 0.4) is 0 Å². The summed E-state index contributed by atoms with van der Waals surface area (Å²) in [5.74, 6) is -2.11. The summed E-state index contributed by atoms with van der Waals surface area (Å²) in [5.41, 5.74) is 1.83. The summed E-state index contributed by atoms with van der Waals surface area (Å²) < 4.78 is 96.5. The number of aromatic nitrogens is 2. The Morgan fingerprint density at radius 2 is 1.94 bits per heavy atom. The molecule has 0 radical (unpaired) electrons. The lowest BCUT2D eigenvalue weighted by molar-refractivity contribution is -0.137. The van der Waals surface area contributed by atoms with Gasteiger partial charge in [0, 0.05) is 47.8 Å². The number of aliphatic hydroxyl groups excluding tert-OH is 1. The molecule has 246 valence electrons. The number of nitriles is 1. The highest BCUT2D eigenvalue weighted by Gasteiger charge is 2.53. The van der Waals surface area contributed by atoms with E-state index in [0.29, 0.717) is 50.2 Å². The van der Waals surface area contributed by atoms with Crippen LogP contribution in [0.2, 0.25) is 0 Å². The Balaban J connectivity index is 1.32. The third kappa shape index (κ3) is 4.62. The maximum atomic E-state index is 16.9. The normalized spacial score (nSPS) is 24.1. The third-order valence-corrected chi connectivity index (χ3v) is 11.3. The zero-order chi connectivity index (χ0) is 33.0. The second kappa shape index (κ2) is 10.3. The number of fused-ring (bicyclic) bond motifs is 3. The predicted octanol–water partition coefficient (Wildman–Crippen LogP) is 6.18. The van der Waals surface area contributed by atoms with Gasteiger partial charge in [0.2, 0.25) is 0 Å². The van der Waals surface area contributed by atoms with Crippen LogP contribution in [0.4, 0.5) is 37.2 Å². The van der Waals surface area contributed by atoms with Crippen molar-refractivity contribution in [3.8, 4) is 23.2 Å². The van der Waals surface area contributed by atoms with Gasteiger partial charge in [0.15, 0.2) is 5.82 Å². The van der Waals surface area contributed by atoms with Crippen LogP contribution in [0.15, 0.2) is 18.2 Å². The molecule has 0 amide bonds. The molecule has 5 heterocycles. The van der Waals surface area contributed by atoms with Crippen molar-refractivity contribution in [2.24, 2.45) is 5.41 Å². The number of benzene rings is 2. The number of nitrogen functional groups attached to an aromatic ring is 1. The number of hydrogen-bond acceptors (Lipinski definition) is 9. The summed E-state index contributed by atoms with van der Waals surface area (Å²) in [6, 6.07) is 4.26. The van der Waals surface area contributed by atoms with Crippen molar-refractivity contribution in [1.29, 1.82) is 5.26 Å². The second-order valence-electron chi connectivity index (χ2n) is 13.4. The number of ether oxygens (including phenoxy) is 1. The van der Waals surface area contributed by atoms with Crippen LogP contribution < -0.4 is 15.4 Å². The molecule has 1 spiro atoms. The van der Waals surface area contributed by atoms with Gasteiger partial charge in [0.05, 0.1) is 27.5 Å². The fraction of sp³-hybridized carbons (Fsp3) is 0.469. The van der Waals surface area contributed by atoms with Crippen LogP contribution >= 0.6 is 11.3 Å². The van der Waals surface area contributed by atoms with E-state index in [1.165, 1.54) is 0 Å². The molecule has 1 saturated carbocycles. The number of nitrogens with zero attached hydrogens (tertiary/aromatic N) is 5. The molecule has 3 saturated heterocycles. The molecule has 8 nitrogen and oxygen atoms in total. The van der Waals surface area contributed by atoms with Crippen LogP contribution in [0.5, 0.6) is 6.01 Å². The van der Waals surface area contributed by atoms with Crippen LogP contribution in [-0.2, 0) is 6.18 Å². The quantitative estimate of drug-likeness (QED) is 0.242. The van der Waals surface area contributed by atoms with Crippen molar-refractivity contribution in [2.45, 2.75) is 56.1 Å². The summed E-state index contributed by atoms with van der Waals surface area (Å²) in [4.78, 5) is 12.5. The average molecular weight is 675 g/mol. The zero-order valence-electron chi connectivity index (χ0n) is 24.8. The first-order valence-electron chi connectivity index (χ1n) is 15.3. The van der Waals surface area contributed by atoms with Gasteiger partial charge in [-0.15, -0.1) is 11.3 Å². The van der Waals surface area contributed by atoms with Crippen LogP contribution in [-0.4, -0.2) is 70.6 Å². The number of anilines is 2. The van der Waals surface area contributed by atoms with Gasteiger partial charge in [-0.3, -0.25) is 4.90 Å². The number of halogens is 6. The standard InChI is InChI=1S/C32H28F6N6O2S/c33-15-7-31(4-1-5-44(31)11-15)14-46-29-41-25-18(28(42-29)43-12-30(13-43)8-16(45)9-30)6-20(32(36,37)38)23(24(25)35)17-2-3-21(34)26-22(17)19(10-39)27(40)47-26/h2-3,6,15-16,45H,1,4-5,7-9,11-14,40H2. The largest absolute Gasteiger partial charge is 0.461 e. The summed E-state index contributed by atoms with van der Waals surface area (Å²) in [6.45, 7) is 1.77. The molecule has 2 atom stereocenters. The SMILES string of the molecule is N#Cc1c(N)sc2c(F)ccc(-c3c(C(F)(F)F)cc4c(N5CC6(CC(O)C6)C5)nc(OCC56CCCN5CC(F)C6)nc4c3F)c12. The molecule has 47 heavy (non-hydrogen) atoms. The number of alkyl halides is 4. The molecule has 15 heteroatoms. The van der Waals surface area contributed by atoms with Gasteiger partial charge < -0.3 is 20.5 Å². The zero-order valence-corrected chi connectivity index (χ0v) is 25.6. The highest BCUT2D eigenvalue weighted by molar-refractivity contribution is 7.23. The van der Waals surface area contributed by atoms with E-state index in [1.807, 2.05) is 11.0 Å². The van der Waals surface area contributed by atoms with E-state index in [9.17, 15) is 32.3 Å². The molecule has 4 fully saturated rings. The second-order valence-corrected chi connectivity index (χ2v) is 14.4. The summed E-state index contributed by atoms with van der Waals surface area (Å²) >= 11 is 0.690. The van der Waals surface area contributed by atoms with Gasteiger partial charge in [-0.25, -0.2) is 13.2 Å². The Morgan fingerprint density at radius 3 is 2.64 bits per heavy atom. The van der Waals surface area contributed by atoms with Crippen LogP contribution in [0.25, 0.3) is 32.1 Å². The molecule has 2 aromatic heterocycles. The van der Waals surface area contributed by atoms with E-state index in [0.717, 1.165) is 24.6 Å². The highest BCUT2D eigenvalue weighted by atomic mass is 32.1. The molecule has 0 bridgehead atoms. The molecule has 2 unspecified atom stereocenters. The van der Waals surface area contributed by atoms with E-state index in [1.54, 1.807) is 4.90 Å². The maximum Gasteiger partial charge on any atom is 0.417 e. The summed E-state index contributed by atoms with van der Waals surface area (Å²) in [6.07, 6.45) is -3.69. The molecule has 2 aromatic carbocycles. The lowest BCUT2D eigenvalue weighted by atomic mass is 9.62. The van der Waals surface area contributed by atoms with Crippen molar-refractivity contribution in [1.82, 2.24) is 14.9 Å². The van der Waals surface area contributed by atoms with E-state index in [2.05, 4.69) is 9.97 Å². The Hall–Kier alpha value is -3.87. The van der Waals surface area contributed by atoms with Crippen molar-refractivity contribution >= 4 is 43.1 Å². The van der Waals surface area contributed by atoms with Gasteiger partial charge in [-0.05, 0) is 49.9 Å². The van der Waals surface area contributed by atoms with Gasteiger partial charge in [0.25, 0.3) is 0 Å². The Bertz CT molecular complexity index is 2000. The molecular weight excluding hydrogens is 646 g/mol. The van der Waals surface area contributed by atoms with Crippen molar-refractivity contribution < 1.29 is 36.2 Å². The topological polar surface area (TPSA) is 112 Å². The molecule has 3 aliphatic heterocycles. The molecular formula is C32H28F6N6O2S. The van der Waals surface area contributed by atoms with Crippen LogP contribution in [0, 0.1) is 28.4 Å². The number of rotatable bonds is 5. The van der Waals surface area contributed by atoms with Crippen molar-refractivity contribution in [3.63, 3.8) is 0 Å². The van der Waals surface area contributed by atoms with Gasteiger partial charge in [-0.1, -0.05) is 6.07 Å². The van der Waals surface area contributed by atoms with Gasteiger partial charge in [-0.2, -0.15) is 28.4 Å². The Morgan fingerprint density at radius 1 is 1.17 bits per heavy atom. The third-order valence-electron chi connectivity index (χ3n) is 10.3. The smallest absolute Gasteiger partial charge is 0.417 e. The van der Waals surface area contributed by atoms with E-state index < -0.39 is 52.3 Å². The number of nitrogens with two attached hydrogens (primary N) is 1. The molecule has 8 rings (SSSR count). The number of hydrogen-bond donors (Lipinski definition) is 2. The van der Waals surface area contributed by atoms with E-state index >= 15 is 4.39 Å². The average Bonchev–Trinajstić information content (AvgIpc) is 3.62. The predicted molar refractivity (Wildman–Crippen MR) is 163 cm³/mol. The fourth-order valence-corrected chi connectivity index (χ4v) is 9.20. The minimum absolute atomic E-state index is 0.0158.